The lowest BCUT2D eigenvalue weighted by atomic mass is 10.1. The lowest BCUT2D eigenvalue weighted by Crippen LogP contribution is -1.78. The van der Waals surface area contributed by atoms with Crippen LogP contribution in [0.2, 0.25) is 0 Å². The number of hydrogen-bond donors (Lipinski definition) is 0. The molecule has 0 aliphatic rings. The van der Waals surface area contributed by atoms with Crippen molar-refractivity contribution >= 4 is 21.6 Å². The molecule has 0 aliphatic heterocycles. The van der Waals surface area contributed by atoms with Crippen LogP contribution < -0.4 is 0 Å². The number of thiazole rings is 1. The molecule has 0 aliphatic carbocycles. The third-order valence-electron chi connectivity index (χ3n) is 3.65. The molecule has 0 radical (unpaired) electrons. The second-order valence-corrected chi connectivity index (χ2v) is 6.20. The average Bonchev–Trinajstić information content (AvgIpc) is 3.27. The van der Waals surface area contributed by atoms with Crippen molar-refractivity contribution in [1.82, 2.24) is 4.98 Å². The monoisotopic (exact) mass is 327 g/mol. The van der Waals surface area contributed by atoms with Gasteiger partial charge in [0, 0.05) is 11.1 Å². The highest BCUT2D eigenvalue weighted by Crippen LogP contribution is 2.32. The van der Waals surface area contributed by atoms with Gasteiger partial charge in [-0.05, 0) is 30.3 Å². The van der Waals surface area contributed by atoms with E-state index in [1.165, 1.54) is 0 Å². The molecule has 112 valence electrons. The van der Waals surface area contributed by atoms with E-state index < -0.39 is 0 Å². The Morgan fingerprint density at radius 1 is 0.875 bits per heavy atom. The molecule has 0 fully saturated rings. The molecule has 4 rings (SSSR count). The van der Waals surface area contributed by atoms with Crippen LogP contribution in [0.1, 0.15) is 11.3 Å². The maximum absolute atomic E-state index is 8.98. The van der Waals surface area contributed by atoms with Crippen molar-refractivity contribution in [2.45, 2.75) is 0 Å². The molecule has 0 unspecified atom stereocenters. The first-order valence-electron chi connectivity index (χ1n) is 7.18. The summed E-state index contributed by atoms with van der Waals surface area (Å²) in [5.74, 6) is 0.967. The Bertz CT molecular complexity index is 1120. The number of hydrogen-bond acceptors (Lipinski definition) is 5. The number of nitriles is 2. The van der Waals surface area contributed by atoms with E-state index in [-0.39, 0.29) is 0 Å². The van der Waals surface area contributed by atoms with Gasteiger partial charge in [-0.2, -0.15) is 10.5 Å². The fraction of sp³-hybridized carbons (Fsp3) is 0. The summed E-state index contributed by atoms with van der Waals surface area (Å²) < 4.78 is 6.43. The van der Waals surface area contributed by atoms with Crippen LogP contribution in [-0.2, 0) is 0 Å². The van der Waals surface area contributed by atoms with Gasteiger partial charge in [0.05, 0.1) is 21.8 Å². The molecule has 0 saturated heterocycles. The van der Waals surface area contributed by atoms with Crippen molar-refractivity contribution in [2.24, 2.45) is 0 Å². The van der Waals surface area contributed by atoms with Crippen molar-refractivity contribution in [2.75, 3.05) is 0 Å². The van der Waals surface area contributed by atoms with Gasteiger partial charge in [-0.15, -0.1) is 11.3 Å². The Kier molecular flexibility index (Phi) is 3.35. The van der Waals surface area contributed by atoms with Gasteiger partial charge in [-0.3, -0.25) is 0 Å². The highest BCUT2D eigenvalue weighted by molar-refractivity contribution is 7.21. The summed E-state index contributed by atoms with van der Waals surface area (Å²) in [6.07, 6.45) is 0. The summed E-state index contributed by atoms with van der Waals surface area (Å²) in [7, 11) is 0. The Balaban J connectivity index is 1.70. The molecule has 0 saturated carbocycles. The van der Waals surface area contributed by atoms with Gasteiger partial charge in [-0.25, -0.2) is 4.98 Å². The van der Waals surface area contributed by atoms with E-state index in [0.717, 1.165) is 26.4 Å². The summed E-state index contributed by atoms with van der Waals surface area (Å²) in [5.41, 5.74) is 3.44. The topological polar surface area (TPSA) is 73.6 Å². The number of furan rings is 1. The molecule has 4 nitrogen and oxygen atoms in total. The Morgan fingerprint density at radius 3 is 2.38 bits per heavy atom. The molecular weight excluding hydrogens is 318 g/mol. The van der Waals surface area contributed by atoms with E-state index in [1.54, 1.807) is 29.5 Å². The Hall–Kier alpha value is -3.41. The highest BCUT2D eigenvalue weighted by atomic mass is 32.1. The third-order valence-corrected chi connectivity index (χ3v) is 4.72. The van der Waals surface area contributed by atoms with Crippen molar-refractivity contribution in [3.63, 3.8) is 0 Å². The molecule has 0 bridgehead atoms. The largest absolute Gasteiger partial charge is 0.446 e. The zero-order chi connectivity index (χ0) is 16.5. The second kappa shape index (κ2) is 5.66. The third kappa shape index (κ3) is 2.44. The Labute approximate surface area is 141 Å². The van der Waals surface area contributed by atoms with Crippen molar-refractivity contribution in [3.05, 3.63) is 65.9 Å². The fourth-order valence-electron chi connectivity index (χ4n) is 2.45. The van der Waals surface area contributed by atoms with Crippen LogP contribution >= 0.6 is 11.3 Å². The molecule has 24 heavy (non-hydrogen) atoms. The van der Waals surface area contributed by atoms with Gasteiger partial charge in [-0.1, -0.05) is 24.3 Å². The molecule has 2 aromatic heterocycles. The minimum absolute atomic E-state index is 0.300. The molecule has 0 amide bonds. The summed E-state index contributed by atoms with van der Waals surface area (Å²) in [4.78, 5) is 4.62. The van der Waals surface area contributed by atoms with Gasteiger partial charge < -0.3 is 4.42 Å². The predicted octanol–water partition coefficient (Wildman–Crippen LogP) is 4.97. The van der Waals surface area contributed by atoms with Crippen molar-refractivity contribution < 1.29 is 4.42 Å². The van der Waals surface area contributed by atoms with Crippen molar-refractivity contribution in [1.29, 1.82) is 10.5 Å². The number of benzene rings is 2. The molecule has 4 aromatic rings. The number of rotatable bonds is 2. The first-order chi connectivity index (χ1) is 11.8. The summed E-state index contributed by atoms with van der Waals surface area (Å²) in [6, 6.07) is 20.9. The number of nitrogens with zero attached hydrogens (tertiary/aromatic N) is 3. The minimum Gasteiger partial charge on any atom is -0.446 e. The van der Waals surface area contributed by atoms with E-state index in [4.69, 9.17) is 14.9 Å². The van der Waals surface area contributed by atoms with Gasteiger partial charge in [0.1, 0.15) is 16.8 Å². The molecule has 2 aromatic carbocycles. The fourth-order valence-corrected chi connectivity index (χ4v) is 3.46. The SMILES string of the molecule is N#Cc1ccc2nc(-c3ccc(-c4ccc(C#N)o4)cc3)sc2c1. The molecule has 2 heterocycles. The highest BCUT2D eigenvalue weighted by Gasteiger charge is 2.09. The summed E-state index contributed by atoms with van der Waals surface area (Å²) in [5, 5.41) is 18.7. The van der Waals surface area contributed by atoms with Gasteiger partial charge in [0.2, 0.25) is 5.76 Å². The maximum atomic E-state index is 8.98. The normalized spacial score (nSPS) is 10.4. The maximum Gasteiger partial charge on any atom is 0.204 e. The molecule has 0 N–H and O–H groups in total. The molecule has 0 spiro atoms. The quantitative estimate of drug-likeness (QED) is 0.521. The van der Waals surface area contributed by atoms with Gasteiger partial charge >= 0.3 is 0 Å². The summed E-state index contributed by atoms with van der Waals surface area (Å²) in [6.45, 7) is 0. The average molecular weight is 327 g/mol. The second-order valence-electron chi connectivity index (χ2n) is 5.17. The van der Waals surface area contributed by atoms with E-state index in [0.29, 0.717) is 17.1 Å². The van der Waals surface area contributed by atoms with Crippen LogP contribution in [0, 0.1) is 22.7 Å². The zero-order valence-corrected chi connectivity index (χ0v) is 13.2. The number of fused-ring (bicyclic) bond motifs is 1. The number of aromatic nitrogens is 1. The smallest absolute Gasteiger partial charge is 0.204 e. The van der Waals surface area contributed by atoms with Gasteiger partial charge in [0.15, 0.2) is 0 Å². The van der Waals surface area contributed by atoms with E-state index >= 15 is 0 Å². The van der Waals surface area contributed by atoms with Crippen LogP contribution in [-0.4, -0.2) is 4.98 Å². The van der Waals surface area contributed by atoms with Crippen LogP contribution in [0.3, 0.4) is 0 Å². The zero-order valence-electron chi connectivity index (χ0n) is 12.4. The minimum atomic E-state index is 0.300. The molecular formula is C19H9N3OS. The van der Waals surface area contributed by atoms with Crippen LogP contribution in [0.5, 0.6) is 0 Å². The Morgan fingerprint density at radius 2 is 1.67 bits per heavy atom. The van der Waals surface area contributed by atoms with Gasteiger partial charge in [0.25, 0.3) is 0 Å². The standard InChI is InChI=1S/C19H9N3OS/c20-10-12-1-7-16-18(9-12)24-19(22-16)14-4-2-13(3-5-14)17-8-6-15(11-21)23-17/h1-9H. The summed E-state index contributed by atoms with van der Waals surface area (Å²) >= 11 is 1.56. The first kappa shape index (κ1) is 14.2. The molecule has 5 heteroatoms. The van der Waals surface area contributed by atoms with E-state index in [9.17, 15) is 0 Å². The lowest BCUT2D eigenvalue weighted by molar-refractivity contribution is 0.567. The van der Waals surface area contributed by atoms with E-state index in [1.807, 2.05) is 42.5 Å². The van der Waals surface area contributed by atoms with Crippen LogP contribution in [0.4, 0.5) is 0 Å². The van der Waals surface area contributed by atoms with Crippen molar-refractivity contribution in [3.8, 4) is 34.0 Å². The molecule has 0 atom stereocenters. The van der Waals surface area contributed by atoms with Crippen LogP contribution in [0.25, 0.3) is 32.1 Å². The lowest BCUT2D eigenvalue weighted by Gasteiger charge is -1.99. The van der Waals surface area contributed by atoms with E-state index in [2.05, 4.69) is 11.1 Å². The first-order valence-corrected chi connectivity index (χ1v) is 8.00. The predicted molar refractivity (Wildman–Crippen MR) is 92.2 cm³/mol. The van der Waals surface area contributed by atoms with Crippen LogP contribution in [0.15, 0.2) is 59.0 Å².